The average molecular weight is 449 g/mol. The molecule has 0 saturated carbocycles. The normalized spacial score (nSPS) is 11.9. The van der Waals surface area contributed by atoms with Gasteiger partial charge in [-0.2, -0.15) is 0 Å². The number of carbonyl (C=O) groups excluding carboxylic acids is 1. The van der Waals surface area contributed by atoms with Crippen LogP contribution in [0.4, 0.5) is 5.82 Å². The summed E-state index contributed by atoms with van der Waals surface area (Å²) in [5.74, 6) is -0.353. The van der Waals surface area contributed by atoms with Gasteiger partial charge in [-0.1, -0.05) is 75.4 Å². The largest absolute Gasteiger partial charge is 0.465 e. The molecule has 168 valence electrons. The van der Waals surface area contributed by atoms with Crippen LogP contribution in [0.5, 0.6) is 0 Å². The number of pyridine rings is 1. The van der Waals surface area contributed by atoms with Gasteiger partial charge in [0.25, 0.3) is 0 Å². The van der Waals surface area contributed by atoms with Gasteiger partial charge in [-0.25, -0.2) is 9.78 Å². The van der Waals surface area contributed by atoms with Crippen LogP contribution in [-0.2, 0) is 15.8 Å². The highest BCUT2D eigenvalue weighted by Crippen LogP contribution is 2.37. The molecule has 0 radical (unpaired) electrons. The van der Waals surface area contributed by atoms with Crippen LogP contribution in [0.15, 0.2) is 60.7 Å². The summed E-state index contributed by atoms with van der Waals surface area (Å²) in [6.07, 6.45) is 0. The van der Waals surface area contributed by atoms with E-state index in [-0.39, 0.29) is 16.4 Å². The molecule has 0 spiro atoms. The van der Waals surface area contributed by atoms with Gasteiger partial charge in [0.2, 0.25) is 0 Å². The molecule has 0 aliphatic heterocycles. The number of esters is 1. The van der Waals surface area contributed by atoms with Crippen molar-refractivity contribution in [2.45, 2.75) is 45.5 Å². The number of nitrogens with zero attached hydrogens (tertiary/aromatic N) is 1. The molecule has 0 fully saturated rings. The lowest BCUT2D eigenvalue weighted by molar-refractivity contribution is 0.0601. The Balaban J connectivity index is 1.97. The maximum absolute atomic E-state index is 12.2. The molecule has 0 aliphatic carbocycles. The van der Waals surface area contributed by atoms with Crippen molar-refractivity contribution in [3.8, 4) is 22.4 Å². The van der Waals surface area contributed by atoms with Gasteiger partial charge >= 0.3 is 5.97 Å². The maximum Gasteiger partial charge on any atom is 0.341 e. The van der Waals surface area contributed by atoms with Gasteiger partial charge in [-0.15, -0.1) is 0 Å². The van der Waals surface area contributed by atoms with E-state index >= 15 is 0 Å². The summed E-state index contributed by atoms with van der Waals surface area (Å²) in [6.45, 7) is 11.8. The quantitative estimate of drug-likeness (QED) is 0.353. The van der Waals surface area contributed by atoms with Crippen LogP contribution in [0, 0.1) is 0 Å². The van der Waals surface area contributed by atoms with Crippen molar-refractivity contribution in [1.82, 2.24) is 4.98 Å². The zero-order chi connectivity index (χ0) is 23.5. The van der Waals surface area contributed by atoms with Crippen molar-refractivity contribution in [3.63, 3.8) is 0 Å². The highest BCUT2D eigenvalue weighted by molar-refractivity contribution is 6.74. The fourth-order valence-corrected chi connectivity index (χ4v) is 4.06. The molecule has 1 aromatic heterocycles. The van der Waals surface area contributed by atoms with Crippen molar-refractivity contribution in [3.05, 3.63) is 71.8 Å². The standard InChI is InChI=1S/C26H32N2O3Si/c1-26(2,3)32(5,6)31-17-18-12-14-20(15-13-18)23-21(19-10-8-7-9-11-19)16-22(24(27)28-23)25(29)30-4/h7-16H,17H2,1-6H3,(H2,27,28). The Morgan fingerprint density at radius 3 is 2.19 bits per heavy atom. The van der Waals surface area contributed by atoms with E-state index < -0.39 is 14.3 Å². The van der Waals surface area contributed by atoms with Crippen LogP contribution in [-0.4, -0.2) is 26.4 Å². The van der Waals surface area contributed by atoms with Crippen molar-refractivity contribution in [2.24, 2.45) is 0 Å². The fraction of sp³-hybridized carbons (Fsp3) is 0.308. The van der Waals surface area contributed by atoms with Gasteiger partial charge in [-0.3, -0.25) is 0 Å². The van der Waals surface area contributed by atoms with Crippen molar-refractivity contribution < 1.29 is 14.0 Å². The lowest BCUT2D eigenvalue weighted by Crippen LogP contribution is -2.40. The number of hydrogen-bond acceptors (Lipinski definition) is 5. The first-order chi connectivity index (χ1) is 15.0. The third kappa shape index (κ3) is 5.09. The van der Waals surface area contributed by atoms with E-state index in [1.165, 1.54) is 7.11 Å². The third-order valence-corrected chi connectivity index (χ3v) is 10.7. The average Bonchev–Trinajstić information content (AvgIpc) is 2.77. The van der Waals surface area contributed by atoms with E-state index in [1.807, 2.05) is 42.5 Å². The molecule has 5 nitrogen and oxygen atoms in total. The van der Waals surface area contributed by atoms with Crippen LogP contribution in [0.25, 0.3) is 22.4 Å². The van der Waals surface area contributed by atoms with Crippen LogP contribution in [0.2, 0.25) is 18.1 Å². The van der Waals surface area contributed by atoms with Crippen LogP contribution in [0.1, 0.15) is 36.7 Å². The van der Waals surface area contributed by atoms with Gasteiger partial charge in [0, 0.05) is 11.1 Å². The fourth-order valence-electron chi connectivity index (χ4n) is 3.10. The summed E-state index contributed by atoms with van der Waals surface area (Å²) >= 11 is 0. The van der Waals surface area contributed by atoms with Gasteiger partial charge in [0.05, 0.1) is 19.4 Å². The minimum absolute atomic E-state index is 0.150. The topological polar surface area (TPSA) is 74.4 Å². The molecule has 32 heavy (non-hydrogen) atoms. The first-order valence-corrected chi connectivity index (χ1v) is 13.6. The second-order valence-corrected chi connectivity index (χ2v) is 14.2. The predicted octanol–water partition coefficient (Wildman–Crippen LogP) is 6.31. The van der Waals surface area contributed by atoms with Gasteiger partial charge in [0.15, 0.2) is 8.32 Å². The molecular formula is C26H32N2O3Si. The Kier molecular flexibility index (Phi) is 6.86. The lowest BCUT2D eigenvalue weighted by atomic mass is 9.97. The number of hydrogen-bond donors (Lipinski definition) is 1. The third-order valence-electron chi connectivity index (χ3n) is 6.18. The van der Waals surface area contributed by atoms with Crippen LogP contribution < -0.4 is 5.73 Å². The molecule has 0 saturated heterocycles. The Morgan fingerprint density at radius 1 is 1.00 bits per heavy atom. The molecule has 0 amide bonds. The molecule has 0 atom stereocenters. The van der Waals surface area contributed by atoms with E-state index in [4.69, 9.17) is 14.9 Å². The SMILES string of the molecule is COC(=O)c1cc(-c2ccccc2)c(-c2ccc(CO[Si](C)(C)C(C)(C)C)cc2)nc1N. The van der Waals surface area contributed by atoms with Gasteiger partial charge < -0.3 is 14.9 Å². The van der Waals surface area contributed by atoms with E-state index in [9.17, 15) is 4.79 Å². The molecule has 2 N–H and O–H groups in total. The zero-order valence-electron chi connectivity index (χ0n) is 19.7. The van der Waals surface area contributed by atoms with Crippen LogP contribution >= 0.6 is 0 Å². The van der Waals surface area contributed by atoms with E-state index in [0.717, 1.165) is 27.9 Å². The number of rotatable bonds is 6. The molecule has 0 unspecified atom stereocenters. The Labute approximate surface area is 191 Å². The summed E-state index contributed by atoms with van der Waals surface area (Å²) in [5, 5.41) is 0.167. The minimum atomic E-state index is -1.82. The number of nitrogen functional groups attached to an aromatic ring is 1. The van der Waals surface area contributed by atoms with E-state index in [0.29, 0.717) is 6.61 Å². The predicted molar refractivity (Wildman–Crippen MR) is 133 cm³/mol. The summed E-state index contributed by atoms with van der Waals surface area (Å²) in [7, 11) is -0.483. The number of carbonyl (C=O) groups is 1. The maximum atomic E-state index is 12.2. The number of nitrogens with two attached hydrogens (primary N) is 1. The highest BCUT2D eigenvalue weighted by atomic mass is 28.4. The highest BCUT2D eigenvalue weighted by Gasteiger charge is 2.37. The second-order valence-electron chi connectivity index (χ2n) is 9.42. The van der Waals surface area contributed by atoms with Gasteiger partial charge in [-0.05, 0) is 35.3 Å². The molecule has 6 heteroatoms. The summed E-state index contributed by atoms with van der Waals surface area (Å²) in [5.41, 5.74) is 10.9. The number of ether oxygens (including phenoxy) is 1. The monoisotopic (exact) mass is 448 g/mol. The van der Waals surface area contributed by atoms with Crippen LogP contribution in [0.3, 0.4) is 0 Å². The van der Waals surface area contributed by atoms with Gasteiger partial charge in [0.1, 0.15) is 11.4 Å². The molecular weight excluding hydrogens is 416 g/mol. The summed E-state index contributed by atoms with van der Waals surface area (Å²) in [6, 6.07) is 19.8. The second kappa shape index (κ2) is 9.26. The van der Waals surface area contributed by atoms with Crippen molar-refractivity contribution in [1.29, 1.82) is 0 Å². The van der Waals surface area contributed by atoms with Crippen molar-refractivity contribution >= 4 is 20.1 Å². The number of aromatic nitrogens is 1. The molecule has 0 aliphatic rings. The number of methoxy groups -OCH3 is 1. The lowest BCUT2D eigenvalue weighted by Gasteiger charge is -2.36. The van der Waals surface area contributed by atoms with E-state index in [1.54, 1.807) is 6.07 Å². The molecule has 1 heterocycles. The number of anilines is 1. The van der Waals surface area contributed by atoms with E-state index in [2.05, 4.69) is 51.0 Å². The summed E-state index contributed by atoms with van der Waals surface area (Å²) in [4.78, 5) is 16.8. The first kappa shape index (κ1) is 23.7. The first-order valence-electron chi connectivity index (χ1n) is 10.7. The smallest absolute Gasteiger partial charge is 0.341 e. The molecule has 3 aromatic rings. The number of benzene rings is 2. The minimum Gasteiger partial charge on any atom is -0.465 e. The Hall–Kier alpha value is -2.96. The van der Waals surface area contributed by atoms with Crippen molar-refractivity contribution in [2.75, 3.05) is 12.8 Å². The Bertz CT molecular complexity index is 1090. The zero-order valence-corrected chi connectivity index (χ0v) is 20.7. The molecule has 0 bridgehead atoms. The Morgan fingerprint density at radius 2 is 1.62 bits per heavy atom. The molecule has 2 aromatic carbocycles. The molecule has 3 rings (SSSR count). The summed E-state index contributed by atoms with van der Waals surface area (Å²) < 4.78 is 11.2.